The van der Waals surface area contributed by atoms with Gasteiger partial charge in [-0.2, -0.15) is 0 Å². The fourth-order valence-corrected chi connectivity index (χ4v) is 6.56. The van der Waals surface area contributed by atoms with Crippen molar-refractivity contribution in [3.8, 4) is 11.3 Å². The number of nitrogens with zero attached hydrogens (tertiary/aromatic N) is 5. The summed E-state index contributed by atoms with van der Waals surface area (Å²) in [4.78, 5) is 37.5. The third kappa shape index (κ3) is 4.91. The Kier molecular flexibility index (Phi) is 7.09. The summed E-state index contributed by atoms with van der Waals surface area (Å²) in [6.45, 7) is 7.00. The van der Waals surface area contributed by atoms with E-state index in [4.69, 9.17) is 4.98 Å². The molecule has 38 heavy (non-hydrogen) atoms. The Morgan fingerprint density at radius 1 is 0.816 bits per heavy atom. The number of benzene rings is 1. The number of aryl methyl sites for hydroxylation is 1. The molecule has 0 spiro atoms. The second-order valence-corrected chi connectivity index (χ2v) is 11.2. The average Bonchev–Trinajstić information content (AvgIpc) is 3.32. The van der Waals surface area contributed by atoms with E-state index in [1.807, 2.05) is 30.2 Å². The van der Waals surface area contributed by atoms with Gasteiger partial charge in [-0.15, -0.1) is 0 Å². The Morgan fingerprint density at radius 3 is 2.32 bits per heavy atom. The smallest absolute Gasteiger partial charge is 0.255 e. The third-order valence-electron chi connectivity index (χ3n) is 8.71. The molecule has 0 unspecified atom stereocenters. The van der Waals surface area contributed by atoms with Gasteiger partial charge in [-0.3, -0.25) is 14.0 Å². The van der Waals surface area contributed by atoms with Crippen LogP contribution in [0.25, 0.3) is 16.9 Å². The monoisotopic (exact) mass is 513 g/mol. The summed E-state index contributed by atoms with van der Waals surface area (Å²) in [5.41, 5.74) is 5.81. The molecule has 1 aliphatic carbocycles. The lowest BCUT2D eigenvalue weighted by molar-refractivity contribution is -0.136. The molecular formula is C31H39N5O2. The van der Waals surface area contributed by atoms with Crippen molar-refractivity contribution in [2.75, 3.05) is 44.2 Å². The summed E-state index contributed by atoms with van der Waals surface area (Å²) in [6.07, 6.45) is 11.1. The van der Waals surface area contributed by atoms with Gasteiger partial charge in [0.25, 0.3) is 5.91 Å². The number of fused-ring (bicyclic) bond motifs is 1. The molecule has 0 N–H and O–H groups in total. The first-order valence-corrected chi connectivity index (χ1v) is 14.5. The molecule has 200 valence electrons. The van der Waals surface area contributed by atoms with Crippen LogP contribution >= 0.6 is 0 Å². The van der Waals surface area contributed by atoms with E-state index >= 15 is 0 Å². The molecule has 6 rings (SSSR count). The third-order valence-corrected chi connectivity index (χ3v) is 8.71. The lowest BCUT2D eigenvalue weighted by atomic mass is 9.88. The number of carbonyl (C=O) groups excluding carboxylic acids is 2. The summed E-state index contributed by atoms with van der Waals surface area (Å²) >= 11 is 0. The van der Waals surface area contributed by atoms with Crippen molar-refractivity contribution in [1.82, 2.24) is 19.2 Å². The number of hydrogen-bond donors (Lipinski definition) is 0. The highest BCUT2D eigenvalue weighted by Gasteiger charge is 2.29. The number of likely N-dealkylation sites (tertiary alicyclic amines) is 1. The number of imidazole rings is 1. The number of rotatable bonds is 4. The highest BCUT2D eigenvalue weighted by Crippen LogP contribution is 2.30. The molecule has 1 saturated carbocycles. The minimum atomic E-state index is 0.110. The maximum atomic E-state index is 13.2. The number of carbonyl (C=O) groups is 2. The lowest BCUT2D eigenvalue weighted by Crippen LogP contribution is -2.50. The molecule has 0 radical (unpaired) electrons. The first kappa shape index (κ1) is 25.0. The van der Waals surface area contributed by atoms with Crippen LogP contribution in [-0.2, 0) is 4.79 Å². The SMILES string of the molecule is Cc1nc2ccc(C(=O)N3CCCCC3)cn2c1-c1cccc(N2CCN(C(=O)C3CCCCC3)CC2)c1. The molecule has 0 bridgehead atoms. The van der Waals surface area contributed by atoms with Gasteiger partial charge in [0.15, 0.2) is 0 Å². The van der Waals surface area contributed by atoms with Crippen LogP contribution in [-0.4, -0.2) is 70.3 Å². The number of amides is 2. The van der Waals surface area contributed by atoms with Gasteiger partial charge < -0.3 is 14.7 Å². The standard InChI is InChI=1S/C31H39N5O2/c1-23-29(36-22-26(13-14-28(36)32-23)31(38)34-15-6-3-7-16-34)25-11-8-12-27(21-25)33-17-19-35(20-18-33)30(37)24-9-4-2-5-10-24/h8,11-14,21-22,24H,2-7,9-10,15-20H2,1H3. The van der Waals surface area contributed by atoms with Crippen LogP contribution in [0.5, 0.6) is 0 Å². The lowest BCUT2D eigenvalue weighted by Gasteiger charge is -2.38. The van der Waals surface area contributed by atoms with Gasteiger partial charge in [-0.1, -0.05) is 31.4 Å². The summed E-state index contributed by atoms with van der Waals surface area (Å²) in [7, 11) is 0. The number of piperidine rings is 1. The molecular weight excluding hydrogens is 474 g/mol. The van der Waals surface area contributed by atoms with Gasteiger partial charge in [0.2, 0.25) is 5.91 Å². The summed E-state index contributed by atoms with van der Waals surface area (Å²) in [6, 6.07) is 12.5. The average molecular weight is 514 g/mol. The predicted molar refractivity (Wildman–Crippen MR) is 150 cm³/mol. The molecule has 0 atom stereocenters. The van der Waals surface area contributed by atoms with Gasteiger partial charge in [0, 0.05) is 62.6 Å². The molecule has 7 nitrogen and oxygen atoms in total. The molecule has 1 aromatic carbocycles. The first-order valence-electron chi connectivity index (χ1n) is 14.5. The molecule has 3 aliphatic rings. The molecule has 2 aromatic heterocycles. The van der Waals surface area contributed by atoms with Crippen molar-refractivity contribution in [1.29, 1.82) is 0 Å². The number of pyridine rings is 1. The minimum absolute atomic E-state index is 0.110. The zero-order chi connectivity index (χ0) is 26.1. The van der Waals surface area contributed by atoms with E-state index in [0.29, 0.717) is 11.5 Å². The normalized spacial score (nSPS) is 19.2. The Hall–Kier alpha value is -3.35. The Bertz CT molecular complexity index is 1310. The molecule has 2 amide bonds. The van der Waals surface area contributed by atoms with Crippen LogP contribution in [0.15, 0.2) is 42.6 Å². The van der Waals surface area contributed by atoms with E-state index in [-0.39, 0.29) is 11.8 Å². The van der Waals surface area contributed by atoms with Crippen molar-refractivity contribution in [2.45, 2.75) is 58.3 Å². The fourth-order valence-electron chi connectivity index (χ4n) is 6.56. The highest BCUT2D eigenvalue weighted by atomic mass is 16.2. The summed E-state index contributed by atoms with van der Waals surface area (Å²) in [5.74, 6) is 0.719. The van der Waals surface area contributed by atoms with Crippen LogP contribution in [0, 0.1) is 12.8 Å². The Labute approximate surface area is 225 Å². The van der Waals surface area contributed by atoms with Crippen LogP contribution in [0.2, 0.25) is 0 Å². The highest BCUT2D eigenvalue weighted by molar-refractivity contribution is 5.94. The van der Waals surface area contributed by atoms with E-state index in [9.17, 15) is 9.59 Å². The summed E-state index contributed by atoms with van der Waals surface area (Å²) in [5, 5.41) is 0. The Morgan fingerprint density at radius 2 is 1.55 bits per heavy atom. The number of aromatic nitrogens is 2. The van der Waals surface area contributed by atoms with Crippen LogP contribution in [0.3, 0.4) is 0 Å². The van der Waals surface area contributed by atoms with Crippen molar-refractivity contribution in [3.63, 3.8) is 0 Å². The molecule has 2 aliphatic heterocycles. The van der Waals surface area contributed by atoms with Crippen LogP contribution in [0.4, 0.5) is 5.69 Å². The van der Waals surface area contributed by atoms with Gasteiger partial charge in [-0.25, -0.2) is 4.98 Å². The maximum Gasteiger partial charge on any atom is 0.255 e. The molecule has 7 heteroatoms. The van der Waals surface area contributed by atoms with Gasteiger partial charge in [0.05, 0.1) is 17.0 Å². The first-order chi connectivity index (χ1) is 18.6. The number of anilines is 1. The molecule has 3 fully saturated rings. The van der Waals surface area contributed by atoms with E-state index in [2.05, 4.69) is 38.5 Å². The zero-order valence-corrected chi connectivity index (χ0v) is 22.6. The number of hydrogen-bond acceptors (Lipinski definition) is 4. The van der Waals surface area contributed by atoms with Crippen molar-refractivity contribution < 1.29 is 9.59 Å². The predicted octanol–water partition coefficient (Wildman–Crippen LogP) is 5.16. The molecule has 3 aromatic rings. The summed E-state index contributed by atoms with van der Waals surface area (Å²) < 4.78 is 2.08. The van der Waals surface area contributed by atoms with Gasteiger partial charge in [-0.05, 0) is 63.3 Å². The Balaban J connectivity index is 1.21. The van der Waals surface area contributed by atoms with E-state index in [1.165, 1.54) is 31.4 Å². The zero-order valence-electron chi connectivity index (χ0n) is 22.6. The largest absolute Gasteiger partial charge is 0.368 e. The fraction of sp³-hybridized carbons (Fsp3) is 0.516. The quantitative estimate of drug-likeness (QED) is 0.483. The van der Waals surface area contributed by atoms with Crippen LogP contribution < -0.4 is 4.90 Å². The van der Waals surface area contributed by atoms with E-state index < -0.39 is 0 Å². The second-order valence-electron chi connectivity index (χ2n) is 11.2. The topological polar surface area (TPSA) is 61.2 Å². The maximum absolute atomic E-state index is 13.2. The van der Waals surface area contributed by atoms with Gasteiger partial charge in [0.1, 0.15) is 5.65 Å². The van der Waals surface area contributed by atoms with Crippen molar-refractivity contribution in [3.05, 3.63) is 53.9 Å². The van der Waals surface area contributed by atoms with Crippen LogP contribution in [0.1, 0.15) is 67.4 Å². The van der Waals surface area contributed by atoms with Crippen molar-refractivity contribution >= 4 is 23.1 Å². The van der Waals surface area contributed by atoms with Gasteiger partial charge >= 0.3 is 0 Å². The second kappa shape index (κ2) is 10.8. The molecule has 4 heterocycles. The minimum Gasteiger partial charge on any atom is -0.368 e. The van der Waals surface area contributed by atoms with E-state index in [1.54, 1.807) is 0 Å². The van der Waals surface area contributed by atoms with Crippen molar-refractivity contribution in [2.24, 2.45) is 5.92 Å². The van der Waals surface area contributed by atoms with E-state index in [0.717, 1.165) is 87.6 Å². The molecule has 2 saturated heterocycles. The number of piperazine rings is 1.